The SMILES string of the molecule is O=C1CCC=CN1CCCCCOCc1ccccc1. The van der Waals surface area contributed by atoms with Crippen LogP contribution in [0.15, 0.2) is 42.6 Å². The van der Waals surface area contributed by atoms with Gasteiger partial charge >= 0.3 is 0 Å². The average Bonchev–Trinajstić information content (AvgIpc) is 2.49. The summed E-state index contributed by atoms with van der Waals surface area (Å²) in [4.78, 5) is 13.4. The number of unbranched alkanes of at least 4 members (excludes halogenated alkanes) is 2. The minimum Gasteiger partial charge on any atom is -0.377 e. The van der Waals surface area contributed by atoms with Gasteiger partial charge in [-0.15, -0.1) is 0 Å². The van der Waals surface area contributed by atoms with Gasteiger partial charge in [-0.3, -0.25) is 4.79 Å². The van der Waals surface area contributed by atoms with Gasteiger partial charge < -0.3 is 9.64 Å². The molecule has 0 atom stereocenters. The summed E-state index contributed by atoms with van der Waals surface area (Å²) >= 11 is 0. The lowest BCUT2D eigenvalue weighted by molar-refractivity contribution is -0.129. The molecule has 1 aliphatic rings. The van der Waals surface area contributed by atoms with Gasteiger partial charge in [-0.2, -0.15) is 0 Å². The first-order valence-corrected chi connectivity index (χ1v) is 7.44. The van der Waals surface area contributed by atoms with Gasteiger partial charge in [0, 0.05) is 25.8 Å². The summed E-state index contributed by atoms with van der Waals surface area (Å²) in [6.45, 7) is 2.32. The number of allylic oxidation sites excluding steroid dienone is 1. The zero-order valence-corrected chi connectivity index (χ0v) is 12.0. The van der Waals surface area contributed by atoms with E-state index in [1.54, 1.807) is 0 Å². The van der Waals surface area contributed by atoms with Crippen molar-refractivity contribution in [3.05, 3.63) is 48.2 Å². The monoisotopic (exact) mass is 273 g/mol. The molecule has 1 heterocycles. The van der Waals surface area contributed by atoms with Crippen molar-refractivity contribution in [1.29, 1.82) is 0 Å². The molecule has 0 saturated heterocycles. The predicted octanol–water partition coefficient (Wildman–Crippen LogP) is 3.51. The van der Waals surface area contributed by atoms with Gasteiger partial charge in [-0.1, -0.05) is 36.4 Å². The first-order valence-electron chi connectivity index (χ1n) is 7.44. The maximum Gasteiger partial charge on any atom is 0.226 e. The molecular weight excluding hydrogens is 250 g/mol. The van der Waals surface area contributed by atoms with Crippen molar-refractivity contribution in [1.82, 2.24) is 4.90 Å². The van der Waals surface area contributed by atoms with E-state index in [-0.39, 0.29) is 5.91 Å². The van der Waals surface area contributed by atoms with E-state index < -0.39 is 0 Å². The van der Waals surface area contributed by atoms with Crippen molar-refractivity contribution in [2.24, 2.45) is 0 Å². The number of hydrogen-bond donors (Lipinski definition) is 0. The molecule has 0 aromatic heterocycles. The molecule has 2 rings (SSSR count). The quantitative estimate of drug-likeness (QED) is 0.678. The third-order valence-electron chi connectivity index (χ3n) is 3.43. The summed E-state index contributed by atoms with van der Waals surface area (Å²) in [5.74, 6) is 0.257. The standard InChI is InChI=1S/C17H23NO2/c19-17-11-5-7-13-18(17)12-6-2-8-14-20-15-16-9-3-1-4-10-16/h1,3-4,7,9-10,13H,2,5-6,8,11-12,14-15H2. The van der Waals surface area contributed by atoms with Crippen LogP contribution in [-0.2, 0) is 16.1 Å². The van der Waals surface area contributed by atoms with Crippen LogP contribution in [-0.4, -0.2) is 24.0 Å². The van der Waals surface area contributed by atoms with Crippen LogP contribution < -0.4 is 0 Å². The fourth-order valence-corrected chi connectivity index (χ4v) is 2.26. The van der Waals surface area contributed by atoms with Gasteiger partial charge in [-0.25, -0.2) is 0 Å². The van der Waals surface area contributed by atoms with Gasteiger partial charge in [0.05, 0.1) is 6.61 Å². The second-order valence-electron chi connectivity index (χ2n) is 5.11. The molecule has 1 aliphatic heterocycles. The highest BCUT2D eigenvalue weighted by molar-refractivity contribution is 5.78. The number of carbonyl (C=O) groups is 1. The molecule has 0 spiro atoms. The molecule has 0 bridgehead atoms. The summed E-state index contributed by atoms with van der Waals surface area (Å²) in [5.41, 5.74) is 1.22. The smallest absolute Gasteiger partial charge is 0.226 e. The predicted molar refractivity (Wildman–Crippen MR) is 80.0 cm³/mol. The number of hydrogen-bond acceptors (Lipinski definition) is 2. The lowest BCUT2D eigenvalue weighted by Gasteiger charge is -2.21. The molecule has 0 fully saturated rings. The summed E-state index contributed by atoms with van der Waals surface area (Å²) < 4.78 is 5.64. The maximum absolute atomic E-state index is 11.6. The maximum atomic E-state index is 11.6. The molecule has 3 heteroatoms. The molecule has 1 aromatic rings. The van der Waals surface area contributed by atoms with Crippen LogP contribution in [0.3, 0.4) is 0 Å². The summed E-state index contributed by atoms with van der Waals surface area (Å²) in [6, 6.07) is 10.2. The van der Waals surface area contributed by atoms with Crippen LogP contribution in [0.1, 0.15) is 37.7 Å². The van der Waals surface area contributed by atoms with Gasteiger partial charge in [0.15, 0.2) is 0 Å². The van der Waals surface area contributed by atoms with Crippen LogP contribution in [0, 0.1) is 0 Å². The molecule has 20 heavy (non-hydrogen) atoms. The van der Waals surface area contributed by atoms with E-state index in [1.165, 1.54) is 5.56 Å². The molecule has 0 radical (unpaired) electrons. The Bertz CT molecular complexity index is 428. The molecule has 0 aliphatic carbocycles. The minimum atomic E-state index is 0.257. The van der Waals surface area contributed by atoms with Crippen LogP contribution in [0.25, 0.3) is 0 Å². The first-order chi connectivity index (χ1) is 9.86. The lowest BCUT2D eigenvalue weighted by Crippen LogP contribution is -2.28. The molecule has 108 valence electrons. The third-order valence-corrected chi connectivity index (χ3v) is 3.43. The molecule has 1 aromatic carbocycles. The molecular formula is C17H23NO2. The van der Waals surface area contributed by atoms with E-state index in [2.05, 4.69) is 18.2 Å². The number of amides is 1. The second-order valence-corrected chi connectivity index (χ2v) is 5.11. The summed E-state index contributed by atoms with van der Waals surface area (Å²) in [7, 11) is 0. The fraction of sp³-hybridized carbons (Fsp3) is 0.471. The van der Waals surface area contributed by atoms with Crippen molar-refractivity contribution in [3.63, 3.8) is 0 Å². The van der Waals surface area contributed by atoms with E-state index >= 15 is 0 Å². The van der Waals surface area contributed by atoms with Gasteiger partial charge in [0.1, 0.15) is 0 Å². The lowest BCUT2D eigenvalue weighted by atomic mass is 10.2. The van der Waals surface area contributed by atoms with Crippen molar-refractivity contribution >= 4 is 5.91 Å². The number of ether oxygens (including phenoxy) is 1. The minimum absolute atomic E-state index is 0.257. The van der Waals surface area contributed by atoms with Crippen LogP contribution in [0.5, 0.6) is 0 Å². The van der Waals surface area contributed by atoms with E-state index in [4.69, 9.17) is 4.74 Å². The zero-order chi connectivity index (χ0) is 14.0. The fourth-order valence-electron chi connectivity index (χ4n) is 2.26. The zero-order valence-electron chi connectivity index (χ0n) is 12.0. The Hall–Kier alpha value is -1.61. The molecule has 1 amide bonds. The van der Waals surface area contributed by atoms with Gasteiger partial charge in [0.2, 0.25) is 5.91 Å². The van der Waals surface area contributed by atoms with Gasteiger partial charge in [-0.05, 0) is 31.2 Å². The average molecular weight is 273 g/mol. The Kier molecular flexibility index (Phi) is 6.32. The first kappa shape index (κ1) is 14.8. The van der Waals surface area contributed by atoms with Crippen molar-refractivity contribution in [3.8, 4) is 0 Å². The number of rotatable bonds is 8. The van der Waals surface area contributed by atoms with Crippen LogP contribution in [0.4, 0.5) is 0 Å². The molecule has 0 N–H and O–H groups in total. The molecule has 0 unspecified atom stereocenters. The highest BCUT2D eigenvalue weighted by Crippen LogP contribution is 2.09. The van der Waals surface area contributed by atoms with E-state index in [1.807, 2.05) is 29.3 Å². The van der Waals surface area contributed by atoms with Gasteiger partial charge in [0.25, 0.3) is 0 Å². The number of carbonyl (C=O) groups excluding carboxylic acids is 1. The number of benzene rings is 1. The van der Waals surface area contributed by atoms with E-state index in [0.717, 1.165) is 38.8 Å². The Labute approximate surface area is 121 Å². The van der Waals surface area contributed by atoms with Crippen molar-refractivity contribution < 1.29 is 9.53 Å². The Balaban J connectivity index is 1.49. The van der Waals surface area contributed by atoms with Crippen LogP contribution >= 0.6 is 0 Å². The largest absolute Gasteiger partial charge is 0.377 e. The topological polar surface area (TPSA) is 29.5 Å². The van der Waals surface area contributed by atoms with Crippen molar-refractivity contribution in [2.75, 3.05) is 13.2 Å². The van der Waals surface area contributed by atoms with E-state index in [9.17, 15) is 4.79 Å². The normalized spacial score (nSPS) is 14.8. The second kappa shape index (κ2) is 8.54. The molecule has 3 nitrogen and oxygen atoms in total. The summed E-state index contributed by atoms with van der Waals surface area (Å²) in [6.07, 6.45) is 8.76. The Morgan fingerprint density at radius 1 is 1.10 bits per heavy atom. The Morgan fingerprint density at radius 2 is 1.95 bits per heavy atom. The molecule has 0 saturated carbocycles. The number of nitrogens with zero attached hydrogens (tertiary/aromatic N) is 1. The highest BCUT2D eigenvalue weighted by atomic mass is 16.5. The highest BCUT2D eigenvalue weighted by Gasteiger charge is 2.12. The van der Waals surface area contributed by atoms with Crippen LogP contribution in [0.2, 0.25) is 0 Å². The third kappa shape index (κ3) is 5.17. The van der Waals surface area contributed by atoms with Crippen molar-refractivity contribution in [2.45, 2.75) is 38.7 Å². The summed E-state index contributed by atoms with van der Waals surface area (Å²) in [5, 5.41) is 0. The van der Waals surface area contributed by atoms with E-state index in [0.29, 0.717) is 13.0 Å². The Morgan fingerprint density at radius 3 is 2.75 bits per heavy atom.